The summed E-state index contributed by atoms with van der Waals surface area (Å²) < 4.78 is 0. The average Bonchev–Trinajstić information content (AvgIpc) is 1.78. The molecule has 0 aromatic heterocycles. The summed E-state index contributed by atoms with van der Waals surface area (Å²) in [4.78, 5) is 0. The first-order valence-corrected chi connectivity index (χ1v) is 8.27. The largest absolute Gasteiger partial charge is 0.0912 e. The van der Waals surface area contributed by atoms with Gasteiger partial charge in [0.25, 0.3) is 0 Å². The predicted molar refractivity (Wildman–Crippen MR) is 56.7 cm³/mol. The Labute approximate surface area is 72.7 Å². The molecule has 0 N–H and O–H groups in total. The second-order valence-electron chi connectivity index (χ2n) is 4.87. The molecule has 0 fully saturated rings. The molecule has 0 aliphatic rings. The van der Waals surface area contributed by atoms with Gasteiger partial charge in [-0.2, -0.15) is 0 Å². The van der Waals surface area contributed by atoms with Crippen LogP contribution in [0, 0.1) is 5.92 Å². The van der Waals surface area contributed by atoms with Gasteiger partial charge in [0.2, 0.25) is 0 Å². The van der Waals surface area contributed by atoms with Gasteiger partial charge in [0.05, 0.1) is 0 Å². The zero-order chi connectivity index (χ0) is 8.91. The molecule has 0 rings (SSSR count). The van der Waals surface area contributed by atoms with Crippen molar-refractivity contribution in [3.05, 3.63) is 12.2 Å². The second-order valence-corrected chi connectivity index (χ2v) is 10.4. The standard InChI is InChI=1S/C10H22Si/c1-10(2)8-6-7-9-11(3,4)5/h6-7,10H,8-9H2,1-5H3/b7-6+. The Hall–Kier alpha value is -0.0431. The van der Waals surface area contributed by atoms with E-state index < -0.39 is 8.07 Å². The van der Waals surface area contributed by atoms with Crippen molar-refractivity contribution in [1.82, 2.24) is 0 Å². The van der Waals surface area contributed by atoms with Crippen LogP contribution in [0.3, 0.4) is 0 Å². The highest BCUT2D eigenvalue weighted by atomic mass is 28.3. The molecule has 66 valence electrons. The van der Waals surface area contributed by atoms with Crippen LogP contribution in [0.5, 0.6) is 0 Å². The first-order valence-electron chi connectivity index (χ1n) is 4.57. The zero-order valence-electron chi connectivity index (χ0n) is 8.65. The third kappa shape index (κ3) is 9.96. The molecule has 0 bridgehead atoms. The second kappa shape index (κ2) is 4.76. The third-order valence-electron chi connectivity index (χ3n) is 1.50. The third-order valence-corrected chi connectivity index (χ3v) is 2.96. The molecule has 0 heterocycles. The maximum Gasteiger partial charge on any atom is 0.0480 e. The summed E-state index contributed by atoms with van der Waals surface area (Å²) in [5.41, 5.74) is 0. The normalized spacial score (nSPS) is 13.3. The number of hydrogen-bond donors (Lipinski definition) is 0. The molecule has 0 nitrogen and oxygen atoms in total. The minimum Gasteiger partial charge on any atom is -0.0912 e. The van der Waals surface area contributed by atoms with Crippen molar-refractivity contribution in [2.45, 2.75) is 46.0 Å². The van der Waals surface area contributed by atoms with Crippen molar-refractivity contribution in [2.75, 3.05) is 0 Å². The minimum absolute atomic E-state index is 0.813. The van der Waals surface area contributed by atoms with E-state index in [9.17, 15) is 0 Å². The van der Waals surface area contributed by atoms with Crippen molar-refractivity contribution in [1.29, 1.82) is 0 Å². The summed E-state index contributed by atoms with van der Waals surface area (Å²) in [5, 5.41) is 0. The van der Waals surface area contributed by atoms with Gasteiger partial charge in [-0.15, -0.1) is 0 Å². The van der Waals surface area contributed by atoms with E-state index in [0.29, 0.717) is 0 Å². The fraction of sp³-hybridized carbons (Fsp3) is 0.800. The fourth-order valence-electron chi connectivity index (χ4n) is 0.805. The van der Waals surface area contributed by atoms with E-state index in [0.717, 1.165) is 5.92 Å². The van der Waals surface area contributed by atoms with E-state index in [2.05, 4.69) is 45.6 Å². The summed E-state index contributed by atoms with van der Waals surface area (Å²) in [7, 11) is -0.816. The Bertz CT molecular complexity index is 117. The molecule has 0 saturated heterocycles. The van der Waals surface area contributed by atoms with Crippen LogP contribution in [0.25, 0.3) is 0 Å². The molecule has 0 aliphatic heterocycles. The molecule has 0 unspecified atom stereocenters. The van der Waals surface area contributed by atoms with Gasteiger partial charge >= 0.3 is 0 Å². The van der Waals surface area contributed by atoms with Gasteiger partial charge < -0.3 is 0 Å². The molecule has 1 heteroatoms. The molecular formula is C10H22Si. The maximum atomic E-state index is 2.41. The zero-order valence-corrected chi connectivity index (χ0v) is 9.65. The first-order chi connectivity index (χ1) is 4.92. The minimum atomic E-state index is -0.816. The van der Waals surface area contributed by atoms with Gasteiger partial charge in [-0.3, -0.25) is 0 Å². The van der Waals surface area contributed by atoms with Gasteiger partial charge in [0.1, 0.15) is 0 Å². The van der Waals surface area contributed by atoms with Crippen LogP contribution in [0.4, 0.5) is 0 Å². The van der Waals surface area contributed by atoms with Crippen LogP contribution in [-0.4, -0.2) is 8.07 Å². The van der Waals surface area contributed by atoms with Crippen LogP contribution in [0.2, 0.25) is 25.7 Å². The van der Waals surface area contributed by atoms with Gasteiger partial charge in [-0.25, -0.2) is 0 Å². The SMILES string of the molecule is CC(C)C/C=C/C[Si](C)(C)C. The van der Waals surface area contributed by atoms with Gasteiger partial charge in [0, 0.05) is 8.07 Å². The van der Waals surface area contributed by atoms with E-state index in [4.69, 9.17) is 0 Å². The van der Waals surface area contributed by atoms with Crippen molar-refractivity contribution in [3.8, 4) is 0 Å². The lowest BCUT2D eigenvalue weighted by molar-refractivity contribution is 0.663. The summed E-state index contributed by atoms with van der Waals surface area (Å²) in [6.07, 6.45) is 5.94. The molecule has 0 spiro atoms. The highest BCUT2D eigenvalue weighted by Gasteiger charge is 2.08. The highest BCUT2D eigenvalue weighted by molar-refractivity contribution is 6.76. The number of hydrogen-bond acceptors (Lipinski definition) is 0. The van der Waals surface area contributed by atoms with E-state index in [1.54, 1.807) is 0 Å². The van der Waals surface area contributed by atoms with E-state index in [1.165, 1.54) is 12.5 Å². The van der Waals surface area contributed by atoms with Gasteiger partial charge in [0.15, 0.2) is 0 Å². The molecule has 0 aromatic carbocycles. The van der Waals surface area contributed by atoms with Crippen molar-refractivity contribution < 1.29 is 0 Å². The lowest BCUT2D eigenvalue weighted by Gasteiger charge is -2.11. The van der Waals surface area contributed by atoms with Crippen LogP contribution >= 0.6 is 0 Å². The molecular weight excluding hydrogens is 148 g/mol. The number of rotatable bonds is 4. The summed E-state index contributed by atoms with van der Waals surface area (Å²) in [5.74, 6) is 0.813. The quantitative estimate of drug-likeness (QED) is 0.443. The molecule has 0 atom stereocenters. The summed E-state index contributed by atoms with van der Waals surface area (Å²) >= 11 is 0. The Kier molecular flexibility index (Phi) is 4.74. The van der Waals surface area contributed by atoms with Gasteiger partial charge in [-0.1, -0.05) is 45.6 Å². The maximum absolute atomic E-state index is 2.41. The van der Waals surface area contributed by atoms with E-state index >= 15 is 0 Å². The topological polar surface area (TPSA) is 0 Å². The van der Waals surface area contributed by atoms with Crippen molar-refractivity contribution in [3.63, 3.8) is 0 Å². The van der Waals surface area contributed by atoms with Crippen LogP contribution in [0.1, 0.15) is 20.3 Å². The molecule has 0 aliphatic carbocycles. The lowest BCUT2D eigenvalue weighted by atomic mass is 10.1. The van der Waals surface area contributed by atoms with Crippen molar-refractivity contribution >= 4 is 8.07 Å². The predicted octanol–water partition coefficient (Wildman–Crippen LogP) is 3.93. The van der Waals surface area contributed by atoms with E-state index in [1.807, 2.05) is 0 Å². The van der Waals surface area contributed by atoms with Crippen LogP contribution < -0.4 is 0 Å². The highest BCUT2D eigenvalue weighted by Crippen LogP contribution is 2.09. The Balaban J connectivity index is 3.46. The molecule has 0 aromatic rings. The summed E-state index contributed by atoms with van der Waals surface area (Å²) in [6, 6.07) is 1.33. The molecule has 0 amide bonds. The Morgan fingerprint density at radius 1 is 1.09 bits per heavy atom. The Morgan fingerprint density at radius 3 is 2.00 bits per heavy atom. The van der Waals surface area contributed by atoms with Crippen LogP contribution in [0.15, 0.2) is 12.2 Å². The lowest BCUT2D eigenvalue weighted by Crippen LogP contribution is -2.17. The van der Waals surface area contributed by atoms with Crippen LogP contribution in [-0.2, 0) is 0 Å². The molecule has 0 saturated carbocycles. The average molecular weight is 170 g/mol. The monoisotopic (exact) mass is 170 g/mol. The van der Waals surface area contributed by atoms with E-state index in [-0.39, 0.29) is 0 Å². The molecule has 11 heavy (non-hydrogen) atoms. The Morgan fingerprint density at radius 2 is 1.64 bits per heavy atom. The smallest absolute Gasteiger partial charge is 0.0480 e. The molecule has 0 radical (unpaired) electrons. The first kappa shape index (κ1) is 11.0. The fourth-order valence-corrected chi connectivity index (χ4v) is 1.68. The number of allylic oxidation sites excluding steroid dienone is 2. The van der Waals surface area contributed by atoms with Gasteiger partial charge in [-0.05, 0) is 18.4 Å². The van der Waals surface area contributed by atoms with Crippen molar-refractivity contribution in [2.24, 2.45) is 5.92 Å². The summed E-state index contributed by atoms with van der Waals surface area (Å²) in [6.45, 7) is 11.8.